The maximum absolute atomic E-state index is 11.9. The van der Waals surface area contributed by atoms with Gasteiger partial charge in [-0.25, -0.2) is 18.7 Å². The van der Waals surface area contributed by atoms with E-state index in [-0.39, 0.29) is 29.4 Å². The maximum Gasteiger partial charge on any atom is 0.490 e. The molecule has 9 N–H and O–H groups in total. The van der Waals surface area contributed by atoms with Crippen LogP contribution >= 0.6 is 23.5 Å². The van der Waals surface area contributed by atoms with E-state index in [1.807, 2.05) is 0 Å². The zero-order chi connectivity index (χ0) is 23.9. The summed E-state index contributed by atoms with van der Waals surface area (Å²) in [5, 5.41) is 9.62. The highest BCUT2D eigenvalue weighted by Gasteiger charge is 2.43. The van der Waals surface area contributed by atoms with Crippen LogP contribution in [0.5, 0.6) is 0 Å². The van der Waals surface area contributed by atoms with Crippen molar-refractivity contribution in [2.45, 2.75) is 18.8 Å². The normalized spacial score (nSPS) is 25.6. The summed E-state index contributed by atoms with van der Waals surface area (Å²) in [5.74, 6) is -0.703. The Labute approximate surface area is 178 Å². The number of aliphatic hydroxyl groups excluding tert-OH is 1. The second-order valence-corrected chi connectivity index (χ2v) is 10.9. The first kappa shape index (κ1) is 25.1. The van der Waals surface area contributed by atoms with Crippen molar-refractivity contribution in [3.05, 3.63) is 6.33 Å². The average molecular weight is 520 g/mol. The molecule has 1 aliphatic heterocycles. The lowest BCUT2D eigenvalue weighted by molar-refractivity contribution is -0.0328. The van der Waals surface area contributed by atoms with Gasteiger partial charge in [0, 0.05) is 18.9 Å². The van der Waals surface area contributed by atoms with E-state index in [1.165, 1.54) is 10.9 Å². The third-order valence-electron chi connectivity index (χ3n) is 4.19. The van der Waals surface area contributed by atoms with Crippen molar-refractivity contribution < 1.29 is 56.3 Å². The van der Waals surface area contributed by atoms with Crippen LogP contribution in [0.25, 0.3) is 11.2 Å². The number of rotatable bonds is 9. The first-order valence-corrected chi connectivity index (χ1v) is 13.0. The molecule has 1 aliphatic rings. The fraction of sp³-hybridized carbons (Fsp3) is 0.545. The molecular weight excluding hydrogens is 501 g/mol. The van der Waals surface area contributed by atoms with Gasteiger partial charge in [0.25, 0.3) is 0 Å². The van der Waals surface area contributed by atoms with Crippen LogP contribution in [0.1, 0.15) is 12.6 Å². The first-order chi connectivity index (χ1) is 14.7. The molecule has 1 saturated heterocycles. The summed E-state index contributed by atoms with van der Waals surface area (Å²) in [6, 6.07) is 0. The molecule has 0 aliphatic carbocycles. The van der Waals surface area contributed by atoms with Crippen LogP contribution in [-0.2, 0) is 31.6 Å². The van der Waals surface area contributed by atoms with Crippen LogP contribution < -0.4 is 11.5 Å². The molecule has 0 bridgehead atoms. The van der Waals surface area contributed by atoms with Crippen LogP contribution in [0.4, 0.5) is 11.8 Å². The molecule has 0 saturated carbocycles. The van der Waals surface area contributed by atoms with Crippen LogP contribution in [0.2, 0.25) is 0 Å². The molecule has 32 heavy (non-hydrogen) atoms. The minimum atomic E-state index is -5.65. The molecule has 18 nitrogen and oxygen atoms in total. The number of nitrogens with zero attached hydrogens (tertiary/aromatic N) is 4. The predicted octanol–water partition coefficient (Wildman–Crippen LogP) is -0.770. The quantitative estimate of drug-likeness (QED) is 0.200. The molecule has 21 heteroatoms. The number of hydrogen-bond acceptors (Lipinski definition) is 13. The Morgan fingerprint density at radius 1 is 1.12 bits per heavy atom. The number of hydrogen-bond donors (Lipinski definition) is 7. The highest BCUT2D eigenvalue weighted by Crippen LogP contribution is 2.66. The zero-order valence-corrected chi connectivity index (χ0v) is 18.5. The van der Waals surface area contributed by atoms with Crippen LogP contribution in [0.3, 0.4) is 0 Å². The van der Waals surface area contributed by atoms with Crippen LogP contribution in [-0.4, -0.2) is 63.5 Å². The van der Waals surface area contributed by atoms with Gasteiger partial charge in [-0.1, -0.05) is 0 Å². The molecule has 3 rings (SSSR count). The molecule has 2 aromatic heterocycles. The number of imidazole rings is 1. The standard InChI is InChI=1S/C11H19N6O12P3/c12-9-8-10(16-11(13)15-9)17(4-14-8)7-1-5(2-18)6(27-7)3-26-31(22,23)29-32(24,25)28-30(19,20)21/h4-7,18H,1-3H2,(H,22,23)(H,24,25)(H2,19,20,21)(H4,12,13,15,16)/t5-,6-,7-/m1/s1. The molecule has 1 fully saturated rings. The number of aromatic nitrogens is 4. The first-order valence-electron chi connectivity index (χ1n) is 8.50. The number of aliphatic hydroxyl groups is 1. The number of nitrogen functional groups attached to an aromatic ring is 2. The molecule has 0 amide bonds. The van der Waals surface area contributed by atoms with E-state index in [2.05, 4.69) is 28.1 Å². The Morgan fingerprint density at radius 2 is 1.81 bits per heavy atom. The summed E-state index contributed by atoms with van der Waals surface area (Å²) in [6.07, 6.45) is -0.265. The molecule has 2 aromatic rings. The molecular formula is C11H19N6O12P3. The third kappa shape index (κ3) is 6.08. The van der Waals surface area contributed by atoms with Gasteiger partial charge in [-0.15, -0.1) is 0 Å². The van der Waals surface area contributed by atoms with Crippen molar-refractivity contribution >= 4 is 46.4 Å². The van der Waals surface area contributed by atoms with E-state index < -0.39 is 54.9 Å². The van der Waals surface area contributed by atoms with Gasteiger partial charge in [-0.2, -0.15) is 18.6 Å². The SMILES string of the molecule is Nc1nc(N)c2ncn([C@H]3C[C@H](CO)[C@@H](COP(=O)(O)OP(=O)(O)OP(=O)(O)O)O3)c2n1. The fourth-order valence-corrected chi connectivity index (χ4v) is 5.99. The van der Waals surface area contributed by atoms with E-state index in [9.17, 15) is 28.6 Å². The van der Waals surface area contributed by atoms with Gasteiger partial charge in [0.2, 0.25) is 5.95 Å². The van der Waals surface area contributed by atoms with Gasteiger partial charge in [0.15, 0.2) is 11.5 Å². The second kappa shape index (κ2) is 9.02. The monoisotopic (exact) mass is 520 g/mol. The van der Waals surface area contributed by atoms with Crippen LogP contribution in [0.15, 0.2) is 6.33 Å². The highest BCUT2D eigenvalue weighted by atomic mass is 31.3. The Hall–Kier alpha value is -1.52. The van der Waals surface area contributed by atoms with Crippen molar-refractivity contribution in [3.8, 4) is 0 Å². The summed E-state index contributed by atoms with van der Waals surface area (Å²) < 4.78 is 53.0. The number of nitrogens with two attached hydrogens (primary N) is 2. The number of phosphoric acid groups is 3. The molecule has 2 unspecified atom stereocenters. The smallest absolute Gasteiger partial charge is 0.396 e. The lowest BCUT2D eigenvalue weighted by Crippen LogP contribution is -2.24. The van der Waals surface area contributed by atoms with Crippen molar-refractivity contribution in [3.63, 3.8) is 0 Å². The Morgan fingerprint density at radius 3 is 2.44 bits per heavy atom. The summed E-state index contributed by atoms with van der Waals surface area (Å²) in [5.41, 5.74) is 11.8. The molecule has 0 aromatic carbocycles. The van der Waals surface area contributed by atoms with E-state index in [0.29, 0.717) is 0 Å². The largest absolute Gasteiger partial charge is 0.490 e. The van der Waals surface area contributed by atoms with E-state index in [1.54, 1.807) is 0 Å². The van der Waals surface area contributed by atoms with E-state index in [0.717, 1.165) is 0 Å². The van der Waals surface area contributed by atoms with Crippen molar-refractivity contribution in [1.82, 2.24) is 19.5 Å². The lowest BCUT2D eigenvalue weighted by Gasteiger charge is -2.20. The third-order valence-corrected chi connectivity index (χ3v) is 7.99. The zero-order valence-electron chi connectivity index (χ0n) is 15.8. The van der Waals surface area contributed by atoms with E-state index in [4.69, 9.17) is 26.0 Å². The van der Waals surface area contributed by atoms with Crippen molar-refractivity contribution in [2.75, 3.05) is 24.7 Å². The molecule has 0 spiro atoms. The van der Waals surface area contributed by atoms with Gasteiger partial charge in [0.1, 0.15) is 11.7 Å². The van der Waals surface area contributed by atoms with Gasteiger partial charge >= 0.3 is 23.5 Å². The number of fused-ring (bicyclic) bond motifs is 1. The molecule has 180 valence electrons. The number of ether oxygens (including phenoxy) is 1. The second-order valence-electron chi connectivity index (χ2n) is 6.49. The summed E-state index contributed by atoms with van der Waals surface area (Å²) >= 11 is 0. The van der Waals surface area contributed by atoms with Gasteiger partial charge in [-0.3, -0.25) is 9.09 Å². The van der Waals surface area contributed by atoms with Crippen molar-refractivity contribution in [1.29, 1.82) is 0 Å². The number of anilines is 2. The summed E-state index contributed by atoms with van der Waals surface area (Å²) in [6.45, 7) is -1.13. The Bertz CT molecular complexity index is 1140. The summed E-state index contributed by atoms with van der Waals surface area (Å²) in [7, 11) is -16.5. The average Bonchev–Trinajstić information content (AvgIpc) is 3.20. The highest BCUT2D eigenvalue weighted by molar-refractivity contribution is 7.66. The van der Waals surface area contributed by atoms with Crippen molar-refractivity contribution in [2.24, 2.45) is 5.92 Å². The fourth-order valence-electron chi connectivity index (χ4n) is 2.96. The summed E-state index contributed by atoms with van der Waals surface area (Å²) in [4.78, 5) is 47.7. The molecule has 5 atom stereocenters. The Balaban J connectivity index is 1.70. The van der Waals surface area contributed by atoms with Gasteiger partial charge in [0.05, 0.1) is 19.0 Å². The molecule has 0 radical (unpaired) electrons. The minimum absolute atomic E-state index is 0.0344. The minimum Gasteiger partial charge on any atom is -0.396 e. The maximum atomic E-state index is 11.9. The van der Waals surface area contributed by atoms with Crippen LogP contribution in [0, 0.1) is 5.92 Å². The van der Waals surface area contributed by atoms with Gasteiger partial charge < -0.3 is 40.9 Å². The predicted molar refractivity (Wildman–Crippen MR) is 103 cm³/mol. The lowest BCUT2D eigenvalue weighted by atomic mass is 10.0. The Kier molecular flexibility index (Phi) is 7.08. The topological polar surface area (TPSA) is 285 Å². The van der Waals surface area contributed by atoms with Gasteiger partial charge in [-0.05, 0) is 0 Å². The molecule has 3 heterocycles. The van der Waals surface area contributed by atoms with E-state index >= 15 is 0 Å². The number of phosphoric ester groups is 1.